The van der Waals surface area contributed by atoms with Gasteiger partial charge in [-0.25, -0.2) is 0 Å². The number of alkyl halides is 2. The van der Waals surface area contributed by atoms with Gasteiger partial charge in [-0.1, -0.05) is 36.4 Å². The van der Waals surface area contributed by atoms with Gasteiger partial charge in [0.25, 0.3) is 0 Å². The Morgan fingerprint density at radius 3 is 2.25 bits per heavy atom. The van der Waals surface area contributed by atoms with Gasteiger partial charge in [-0.2, -0.15) is 0 Å². The maximum atomic E-state index is 5.64. The monoisotopic (exact) mass is 200 g/mol. The Kier molecular flexibility index (Phi) is 4.20. The van der Waals surface area contributed by atoms with Crippen molar-refractivity contribution in [2.75, 3.05) is 5.88 Å². The summed E-state index contributed by atoms with van der Waals surface area (Å²) in [5.74, 6) is 1.12. The van der Waals surface area contributed by atoms with Crippen molar-refractivity contribution in [3.05, 3.63) is 41.5 Å². The molecule has 1 aromatic carbocycles. The number of hydrogen-bond acceptors (Lipinski definition) is 0. The minimum absolute atomic E-state index is 0.553. The molecule has 0 atom stereocenters. The highest BCUT2D eigenvalue weighted by atomic mass is 35.5. The Labute approximate surface area is 82.8 Å². The van der Waals surface area contributed by atoms with Gasteiger partial charge in [0.1, 0.15) is 0 Å². The molecule has 1 rings (SSSR count). The Morgan fingerprint density at radius 2 is 1.75 bits per heavy atom. The van der Waals surface area contributed by atoms with Gasteiger partial charge >= 0.3 is 0 Å². The summed E-state index contributed by atoms with van der Waals surface area (Å²) in [6.45, 7) is 0. The summed E-state index contributed by atoms with van der Waals surface area (Å²) in [5.41, 5.74) is 2.30. The van der Waals surface area contributed by atoms with Crippen LogP contribution >= 0.6 is 23.2 Å². The van der Waals surface area contributed by atoms with E-state index in [1.165, 1.54) is 0 Å². The lowest BCUT2D eigenvalue weighted by molar-refractivity contribution is 1.40. The fourth-order valence-corrected chi connectivity index (χ4v) is 1.17. The molecule has 12 heavy (non-hydrogen) atoms. The maximum absolute atomic E-state index is 5.64. The lowest BCUT2D eigenvalue weighted by Gasteiger charge is -1.95. The molecular formula is C10H10Cl2. The summed E-state index contributed by atoms with van der Waals surface area (Å²) in [6, 6.07) is 8.09. The van der Waals surface area contributed by atoms with Crippen LogP contribution in [-0.2, 0) is 5.88 Å². The third kappa shape index (κ3) is 2.88. The molecule has 0 saturated carbocycles. The van der Waals surface area contributed by atoms with E-state index in [1.807, 2.05) is 36.4 Å². The molecule has 0 heterocycles. The number of hydrogen-bond donors (Lipinski definition) is 0. The van der Waals surface area contributed by atoms with Gasteiger partial charge in [0, 0.05) is 11.8 Å². The number of allylic oxidation sites excluding steroid dienone is 1. The lowest BCUT2D eigenvalue weighted by Crippen LogP contribution is -1.77. The summed E-state index contributed by atoms with van der Waals surface area (Å²) < 4.78 is 0. The van der Waals surface area contributed by atoms with Gasteiger partial charge in [0.15, 0.2) is 0 Å². The van der Waals surface area contributed by atoms with E-state index in [1.54, 1.807) is 0 Å². The minimum atomic E-state index is 0.553. The lowest BCUT2D eigenvalue weighted by atomic mass is 10.1. The Bertz CT molecular complexity index is 249. The van der Waals surface area contributed by atoms with Crippen molar-refractivity contribution in [3.8, 4) is 0 Å². The van der Waals surface area contributed by atoms with Crippen molar-refractivity contribution in [1.29, 1.82) is 0 Å². The van der Waals surface area contributed by atoms with Gasteiger partial charge in [-0.05, 0) is 11.1 Å². The van der Waals surface area contributed by atoms with E-state index in [0.717, 1.165) is 11.1 Å². The zero-order valence-corrected chi connectivity index (χ0v) is 8.15. The second-order valence-electron chi connectivity index (χ2n) is 2.43. The van der Waals surface area contributed by atoms with E-state index in [0.29, 0.717) is 11.8 Å². The average molecular weight is 201 g/mol. The predicted molar refractivity (Wildman–Crippen MR) is 55.8 cm³/mol. The molecule has 0 nitrogen and oxygen atoms in total. The number of rotatable bonds is 3. The zero-order valence-electron chi connectivity index (χ0n) is 6.63. The molecule has 2 heteroatoms. The third-order valence-corrected chi connectivity index (χ3v) is 2.02. The number of benzene rings is 1. The molecule has 0 aromatic heterocycles. The molecule has 0 aliphatic rings. The second kappa shape index (κ2) is 5.23. The first-order chi connectivity index (χ1) is 5.86. The molecule has 0 fully saturated rings. The molecule has 0 saturated heterocycles. The quantitative estimate of drug-likeness (QED) is 0.654. The van der Waals surface area contributed by atoms with E-state index >= 15 is 0 Å². The summed E-state index contributed by atoms with van der Waals surface area (Å²) >= 11 is 11.1. The Hall–Kier alpha value is -0.460. The van der Waals surface area contributed by atoms with Crippen LogP contribution in [0.4, 0.5) is 0 Å². The first-order valence-corrected chi connectivity index (χ1v) is 4.81. The molecule has 1 aromatic rings. The smallest absolute Gasteiger partial charge is 0.0474 e. The molecule has 0 aliphatic carbocycles. The molecule has 0 bridgehead atoms. The molecule has 0 aliphatic heterocycles. The van der Waals surface area contributed by atoms with E-state index in [2.05, 4.69) is 0 Å². The van der Waals surface area contributed by atoms with Crippen LogP contribution in [0.25, 0.3) is 6.08 Å². The van der Waals surface area contributed by atoms with E-state index in [4.69, 9.17) is 23.2 Å². The topological polar surface area (TPSA) is 0 Å². The minimum Gasteiger partial charge on any atom is -0.122 e. The van der Waals surface area contributed by atoms with Gasteiger partial charge in [0.2, 0.25) is 0 Å². The summed E-state index contributed by atoms with van der Waals surface area (Å²) in [5, 5.41) is 0. The molecule has 0 amide bonds. The van der Waals surface area contributed by atoms with E-state index in [-0.39, 0.29) is 0 Å². The second-order valence-corrected chi connectivity index (χ2v) is 3.01. The van der Waals surface area contributed by atoms with Gasteiger partial charge < -0.3 is 0 Å². The van der Waals surface area contributed by atoms with Crippen molar-refractivity contribution in [2.45, 2.75) is 5.88 Å². The first-order valence-electron chi connectivity index (χ1n) is 3.74. The standard InChI is InChI=1S/C10H10Cl2/c11-7-1-2-9-3-5-10(8-12)6-4-9/h1-6H,7-8H2. The van der Waals surface area contributed by atoms with Crippen molar-refractivity contribution >= 4 is 29.3 Å². The van der Waals surface area contributed by atoms with Gasteiger partial charge in [0.05, 0.1) is 0 Å². The molecule has 0 spiro atoms. The SMILES string of the molecule is ClCC=Cc1ccc(CCl)cc1. The van der Waals surface area contributed by atoms with Crippen LogP contribution in [-0.4, -0.2) is 5.88 Å². The highest BCUT2D eigenvalue weighted by Crippen LogP contribution is 2.08. The highest BCUT2D eigenvalue weighted by Gasteiger charge is 1.88. The summed E-state index contributed by atoms with van der Waals surface area (Å²) in [6.07, 6.45) is 3.91. The third-order valence-electron chi connectivity index (χ3n) is 1.53. The summed E-state index contributed by atoms with van der Waals surface area (Å²) in [7, 11) is 0. The summed E-state index contributed by atoms with van der Waals surface area (Å²) in [4.78, 5) is 0. The zero-order chi connectivity index (χ0) is 8.81. The largest absolute Gasteiger partial charge is 0.122 e. The normalized spacial score (nSPS) is 10.8. The van der Waals surface area contributed by atoms with Crippen LogP contribution < -0.4 is 0 Å². The van der Waals surface area contributed by atoms with Gasteiger partial charge in [-0.15, -0.1) is 23.2 Å². The number of halogens is 2. The van der Waals surface area contributed by atoms with Crippen LogP contribution in [0.3, 0.4) is 0 Å². The highest BCUT2D eigenvalue weighted by molar-refractivity contribution is 6.19. The molecule has 64 valence electrons. The van der Waals surface area contributed by atoms with Crippen molar-refractivity contribution in [1.82, 2.24) is 0 Å². The maximum Gasteiger partial charge on any atom is 0.0474 e. The molecule has 0 N–H and O–H groups in total. The molecular weight excluding hydrogens is 191 g/mol. The van der Waals surface area contributed by atoms with E-state index < -0.39 is 0 Å². The van der Waals surface area contributed by atoms with E-state index in [9.17, 15) is 0 Å². The Balaban J connectivity index is 2.71. The van der Waals surface area contributed by atoms with Crippen LogP contribution in [0.15, 0.2) is 30.3 Å². The van der Waals surface area contributed by atoms with Crippen LogP contribution in [0.2, 0.25) is 0 Å². The molecule has 0 unspecified atom stereocenters. The molecule has 0 radical (unpaired) electrons. The van der Waals surface area contributed by atoms with Crippen molar-refractivity contribution in [2.24, 2.45) is 0 Å². The average Bonchev–Trinajstić information content (AvgIpc) is 2.15. The van der Waals surface area contributed by atoms with Crippen LogP contribution in [0.5, 0.6) is 0 Å². The van der Waals surface area contributed by atoms with Crippen LogP contribution in [0.1, 0.15) is 11.1 Å². The van der Waals surface area contributed by atoms with Crippen molar-refractivity contribution in [3.63, 3.8) is 0 Å². The van der Waals surface area contributed by atoms with Crippen molar-refractivity contribution < 1.29 is 0 Å². The predicted octanol–water partition coefficient (Wildman–Crippen LogP) is 3.68. The first kappa shape index (κ1) is 9.63. The fourth-order valence-electron chi connectivity index (χ4n) is 0.898. The Morgan fingerprint density at radius 1 is 1.08 bits per heavy atom. The van der Waals surface area contributed by atoms with Crippen LogP contribution in [0, 0.1) is 0 Å². The van der Waals surface area contributed by atoms with Gasteiger partial charge in [-0.3, -0.25) is 0 Å². The fraction of sp³-hybridized carbons (Fsp3) is 0.200.